The lowest BCUT2D eigenvalue weighted by molar-refractivity contribution is 0.0997. The molecular formula is C13H11Br2NOS. The van der Waals surface area contributed by atoms with Gasteiger partial charge in [-0.05, 0) is 62.5 Å². The van der Waals surface area contributed by atoms with Gasteiger partial charge in [-0.2, -0.15) is 0 Å². The molecule has 5 heteroatoms. The third kappa shape index (κ3) is 2.84. The summed E-state index contributed by atoms with van der Waals surface area (Å²) < 4.78 is 1.84. The molecule has 1 aromatic heterocycles. The molecule has 0 spiro atoms. The zero-order valence-corrected chi connectivity index (χ0v) is 13.9. The van der Waals surface area contributed by atoms with Crippen LogP contribution >= 0.6 is 43.2 Å². The third-order valence-corrected chi connectivity index (χ3v) is 5.79. The number of anilines is 1. The van der Waals surface area contributed by atoms with Gasteiger partial charge in [0.1, 0.15) is 0 Å². The van der Waals surface area contributed by atoms with Gasteiger partial charge in [0.15, 0.2) is 0 Å². The molecule has 0 atom stereocenters. The molecule has 1 amide bonds. The summed E-state index contributed by atoms with van der Waals surface area (Å²) in [5.74, 6) is -0.00278. The summed E-state index contributed by atoms with van der Waals surface area (Å²) in [5, 5.41) is 0. The highest BCUT2D eigenvalue weighted by atomic mass is 79.9. The van der Waals surface area contributed by atoms with Crippen LogP contribution < -0.4 is 4.90 Å². The van der Waals surface area contributed by atoms with Crippen molar-refractivity contribution in [3.05, 3.63) is 49.0 Å². The number of hydrogen-bond acceptors (Lipinski definition) is 2. The Bertz CT molecular complexity index is 575. The molecule has 18 heavy (non-hydrogen) atoms. The largest absolute Gasteiger partial charge is 0.311 e. The first-order chi connectivity index (χ1) is 8.49. The summed E-state index contributed by atoms with van der Waals surface area (Å²) in [6, 6.07) is 9.73. The van der Waals surface area contributed by atoms with E-state index in [1.165, 1.54) is 11.3 Å². The zero-order chi connectivity index (χ0) is 13.3. The van der Waals surface area contributed by atoms with E-state index in [9.17, 15) is 4.79 Å². The van der Waals surface area contributed by atoms with Gasteiger partial charge in [0.05, 0.1) is 8.66 Å². The van der Waals surface area contributed by atoms with Crippen molar-refractivity contribution in [2.45, 2.75) is 6.92 Å². The van der Waals surface area contributed by atoms with Crippen LogP contribution in [0.5, 0.6) is 0 Å². The van der Waals surface area contributed by atoms with Crippen molar-refractivity contribution in [3.63, 3.8) is 0 Å². The quantitative estimate of drug-likeness (QED) is 0.719. The highest BCUT2D eigenvalue weighted by molar-refractivity contribution is 9.13. The smallest absolute Gasteiger partial charge is 0.268 e. The lowest BCUT2D eigenvalue weighted by atomic mass is 10.2. The number of halogens is 2. The zero-order valence-electron chi connectivity index (χ0n) is 9.91. The Hall–Kier alpha value is -0.650. The van der Waals surface area contributed by atoms with E-state index in [0.29, 0.717) is 4.88 Å². The van der Waals surface area contributed by atoms with Crippen LogP contribution in [-0.2, 0) is 0 Å². The third-order valence-electron chi connectivity index (χ3n) is 2.55. The van der Waals surface area contributed by atoms with Crippen LogP contribution in [0.2, 0.25) is 0 Å². The van der Waals surface area contributed by atoms with Crippen LogP contribution in [0.3, 0.4) is 0 Å². The monoisotopic (exact) mass is 387 g/mol. The maximum absolute atomic E-state index is 12.3. The summed E-state index contributed by atoms with van der Waals surface area (Å²) in [6.07, 6.45) is 0. The molecule has 0 radical (unpaired) electrons. The van der Waals surface area contributed by atoms with E-state index in [0.717, 1.165) is 19.5 Å². The molecule has 1 aromatic carbocycles. The Kier molecular flexibility index (Phi) is 4.25. The van der Waals surface area contributed by atoms with Crippen molar-refractivity contribution in [2.75, 3.05) is 11.9 Å². The fourth-order valence-corrected chi connectivity index (χ4v) is 3.58. The molecule has 0 N–H and O–H groups in total. The molecule has 0 unspecified atom stereocenters. The minimum absolute atomic E-state index is 0.00278. The molecule has 0 aliphatic carbocycles. The summed E-state index contributed by atoms with van der Waals surface area (Å²) >= 11 is 8.22. The van der Waals surface area contributed by atoms with Gasteiger partial charge in [0.25, 0.3) is 5.91 Å². The second-order valence-corrected chi connectivity index (χ2v) is 7.16. The van der Waals surface area contributed by atoms with Crippen LogP contribution in [0.15, 0.2) is 38.6 Å². The number of carbonyl (C=O) groups is 1. The van der Waals surface area contributed by atoms with Gasteiger partial charge in [-0.15, -0.1) is 11.3 Å². The topological polar surface area (TPSA) is 20.3 Å². The molecule has 2 aromatic rings. The average molecular weight is 389 g/mol. The first kappa shape index (κ1) is 13.8. The predicted octanol–water partition coefficient (Wildman–Crippen LogP) is 4.86. The molecule has 0 saturated heterocycles. The van der Waals surface area contributed by atoms with Crippen molar-refractivity contribution in [1.82, 2.24) is 0 Å². The number of carbonyl (C=O) groups excluding carboxylic acids is 1. The summed E-state index contributed by atoms with van der Waals surface area (Å²) in [6.45, 7) is 2.01. The van der Waals surface area contributed by atoms with Crippen LogP contribution in [0.1, 0.15) is 15.2 Å². The molecule has 1 heterocycles. The van der Waals surface area contributed by atoms with Crippen LogP contribution in [-0.4, -0.2) is 13.0 Å². The predicted molar refractivity (Wildman–Crippen MR) is 83.6 cm³/mol. The Labute approximate surface area is 127 Å². The molecule has 2 rings (SSSR count). The molecule has 0 aliphatic heterocycles. The summed E-state index contributed by atoms with van der Waals surface area (Å²) in [5.41, 5.74) is 2.04. The molecule has 0 aliphatic rings. The molecule has 94 valence electrons. The first-order valence-electron chi connectivity index (χ1n) is 5.28. The summed E-state index contributed by atoms with van der Waals surface area (Å²) in [7, 11) is 1.79. The fraction of sp³-hybridized carbons (Fsp3) is 0.154. The summed E-state index contributed by atoms with van der Waals surface area (Å²) in [4.78, 5) is 14.7. The fourth-order valence-electron chi connectivity index (χ4n) is 1.57. The number of aryl methyl sites for hydroxylation is 1. The molecule has 0 bridgehead atoms. The normalized spacial score (nSPS) is 10.4. The Morgan fingerprint density at radius 1 is 1.28 bits per heavy atom. The minimum Gasteiger partial charge on any atom is -0.311 e. The number of nitrogens with zero attached hydrogens (tertiary/aromatic N) is 1. The van der Waals surface area contributed by atoms with Crippen molar-refractivity contribution < 1.29 is 4.79 Å². The van der Waals surface area contributed by atoms with Crippen molar-refractivity contribution >= 4 is 54.8 Å². The first-order valence-corrected chi connectivity index (χ1v) is 7.69. The van der Waals surface area contributed by atoms with E-state index < -0.39 is 0 Å². The minimum atomic E-state index is -0.00278. The van der Waals surface area contributed by atoms with Crippen molar-refractivity contribution in [1.29, 1.82) is 0 Å². The van der Waals surface area contributed by atoms with Gasteiger partial charge >= 0.3 is 0 Å². The van der Waals surface area contributed by atoms with Gasteiger partial charge in [-0.1, -0.05) is 12.1 Å². The molecule has 0 saturated carbocycles. The average Bonchev–Trinajstić information content (AvgIpc) is 2.68. The number of hydrogen-bond donors (Lipinski definition) is 0. The van der Waals surface area contributed by atoms with Crippen LogP contribution in [0, 0.1) is 6.92 Å². The van der Waals surface area contributed by atoms with Crippen molar-refractivity contribution in [2.24, 2.45) is 0 Å². The Morgan fingerprint density at radius 2 is 2.00 bits per heavy atom. The van der Waals surface area contributed by atoms with Crippen molar-refractivity contribution in [3.8, 4) is 0 Å². The van der Waals surface area contributed by atoms with Crippen LogP contribution in [0.25, 0.3) is 0 Å². The van der Waals surface area contributed by atoms with Gasteiger partial charge in [-0.25, -0.2) is 0 Å². The molecular weight excluding hydrogens is 378 g/mol. The van der Waals surface area contributed by atoms with E-state index in [1.54, 1.807) is 11.9 Å². The van der Waals surface area contributed by atoms with E-state index in [-0.39, 0.29) is 5.91 Å². The second-order valence-electron chi connectivity index (χ2n) is 3.94. The van der Waals surface area contributed by atoms with E-state index >= 15 is 0 Å². The van der Waals surface area contributed by atoms with Gasteiger partial charge in [-0.3, -0.25) is 4.79 Å². The Balaban J connectivity index is 2.29. The molecule has 0 fully saturated rings. The lowest BCUT2D eigenvalue weighted by Crippen LogP contribution is -2.25. The number of benzene rings is 1. The highest BCUT2D eigenvalue weighted by Crippen LogP contribution is 2.33. The number of thiophene rings is 1. The maximum Gasteiger partial charge on any atom is 0.268 e. The number of rotatable bonds is 2. The van der Waals surface area contributed by atoms with Gasteiger partial charge in [0, 0.05) is 17.2 Å². The van der Waals surface area contributed by atoms with Gasteiger partial charge < -0.3 is 4.90 Å². The van der Waals surface area contributed by atoms with Gasteiger partial charge in [0.2, 0.25) is 0 Å². The maximum atomic E-state index is 12.3. The van der Waals surface area contributed by atoms with E-state index in [4.69, 9.17) is 0 Å². The SMILES string of the molecule is Cc1cccc(N(C)C(=O)c2cc(Br)c(Br)s2)c1. The highest BCUT2D eigenvalue weighted by Gasteiger charge is 2.17. The number of amides is 1. The standard InChI is InChI=1S/C13H11Br2NOS/c1-8-4-3-5-9(6-8)16(2)13(17)11-7-10(14)12(15)18-11/h3-7H,1-2H3. The second kappa shape index (κ2) is 5.55. The lowest BCUT2D eigenvalue weighted by Gasteiger charge is -2.16. The van der Waals surface area contributed by atoms with E-state index in [2.05, 4.69) is 31.9 Å². The molecule has 2 nitrogen and oxygen atoms in total. The van der Waals surface area contributed by atoms with E-state index in [1.807, 2.05) is 37.3 Å². The Morgan fingerprint density at radius 3 is 2.56 bits per heavy atom. The van der Waals surface area contributed by atoms with Crippen LogP contribution in [0.4, 0.5) is 5.69 Å².